The van der Waals surface area contributed by atoms with Crippen molar-refractivity contribution in [1.29, 1.82) is 0 Å². The number of aryl methyl sites for hydroxylation is 1. The van der Waals surface area contributed by atoms with Crippen molar-refractivity contribution in [3.63, 3.8) is 0 Å². The van der Waals surface area contributed by atoms with Gasteiger partial charge in [0.25, 0.3) is 0 Å². The van der Waals surface area contributed by atoms with Gasteiger partial charge in [0, 0.05) is 28.5 Å². The number of hydrogen-bond acceptors (Lipinski definition) is 4. The summed E-state index contributed by atoms with van der Waals surface area (Å²) in [6.45, 7) is 0. The summed E-state index contributed by atoms with van der Waals surface area (Å²) < 4.78 is 1.54. The third-order valence-corrected chi connectivity index (χ3v) is 3.73. The second kappa shape index (κ2) is 6.89. The number of tetrazole rings is 1. The molecule has 0 radical (unpaired) electrons. The molecule has 0 saturated carbocycles. The predicted molar refractivity (Wildman–Crippen MR) is 88.3 cm³/mol. The first kappa shape index (κ1) is 15.6. The van der Waals surface area contributed by atoms with Crippen LogP contribution in [-0.2, 0) is 6.42 Å². The van der Waals surface area contributed by atoms with Gasteiger partial charge in [-0.2, -0.15) is 4.68 Å². The summed E-state index contributed by atoms with van der Waals surface area (Å²) in [6.07, 6.45) is 0.740. The van der Waals surface area contributed by atoms with E-state index in [2.05, 4.69) is 15.5 Å². The minimum absolute atomic E-state index is 0.0456. The van der Waals surface area contributed by atoms with Crippen molar-refractivity contribution in [2.24, 2.45) is 0 Å². The molecule has 7 heteroatoms. The van der Waals surface area contributed by atoms with Crippen LogP contribution in [0.2, 0.25) is 10.0 Å². The van der Waals surface area contributed by atoms with Crippen molar-refractivity contribution in [2.45, 2.75) is 12.8 Å². The Morgan fingerprint density at radius 3 is 2.43 bits per heavy atom. The Morgan fingerprint density at radius 1 is 1.04 bits per heavy atom. The molecule has 0 bridgehead atoms. The molecule has 23 heavy (non-hydrogen) atoms. The third kappa shape index (κ3) is 3.75. The normalized spacial score (nSPS) is 10.7. The number of ketones is 1. The number of aromatic nitrogens is 4. The third-order valence-electron chi connectivity index (χ3n) is 3.30. The fraction of sp³-hybridized carbons (Fsp3) is 0.125. The fourth-order valence-electron chi connectivity index (χ4n) is 2.22. The van der Waals surface area contributed by atoms with Gasteiger partial charge < -0.3 is 0 Å². The summed E-state index contributed by atoms with van der Waals surface area (Å²) in [5.41, 5.74) is 1.34. The molecular weight excluding hydrogens is 335 g/mol. The maximum absolute atomic E-state index is 12.2. The number of benzene rings is 2. The highest BCUT2D eigenvalue weighted by Crippen LogP contribution is 2.22. The van der Waals surface area contributed by atoms with E-state index in [9.17, 15) is 4.79 Å². The van der Waals surface area contributed by atoms with E-state index in [4.69, 9.17) is 23.2 Å². The number of hydrogen-bond donors (Lipinski definition) is 0. The van der Waals surface area contributed by atoms with Gasteiger partial charge in [-0.15, -0.1) is 5.10 Å². The van der Waals surface area contributed by atoms with Crippen LogP contribution in [-0.4, -0.2) is 26.0 Å². The lowest BCUT2D eigenvalue weighted by Gasteiger charge is -2.06. The lowest BCUT2D eigenvalue weighted by molar-refractivity contribution is 0.0982. The zero-order valence-corrected chi connectivity index (χ0v) is 13.5. The molecule has 0 amide bonds. The second-order valence-corrected chi connectivity index (χ2v) is 5.80. The predicted octanol–water partition coefficient (Wildman–Crippen LogP) is 3.78. The Bertz CT molecular complexity index is 813. The molecule has 0 aliphatic heterocycles. The molecule has 0 aliphatic rings. The summed E-state index contributed by atoms with van der Waals surface area (Å²) in [5.74, 6) is 0.622. The molecule has 0 unspecified atom stereocenters. The maximum atomic E-state index is 12.2. The molecule has 0 fully saturated rings. The number of nitrogens with zero attached hydrogens (tertiary/aromatic N) is 4. The molecule has 116 valence electrons. The van der Waals surface area contributed by atoms with E-state index in [1.54, 1.807) is 30.3 Å². The number of halogens is 2. The van der Waals surface area contributed by atoms with Gasteiger partial charge in [0.15, 0.2) is 11.6 Å². The smallest absolute Gasteiger partial charge is 0.163 e. The summed E-state index contributed by atoms with van der Waals surface area (Å²) in [4.78, 5) is 12.2. The summed E-state index contributed by atoms with van der Waals surface area (Å²) in [7, 11) is 0. The van der Waals surface area contributed by atoms with E-state index in [-0.39, 0.29) is 5.78 Å². The molecule has 1 aromatic heterocycles. The molecular formula is C16H12Cl2N4O. The van der Waals surface area contributed by atoms with Crippen LogP contribution >= 0.6 is 23.2 Å². The van der Waals surface area contributed by atoms with Crippen LogP contribution < -0.4 is 0 Å². The van der Waals surface area contributed by atoms with Gasteiger partial charge in [0.05, 0.1) is 5.69 Å². The Kier molecular flexibility index (Phi) is 4.69. The topological polar surface area (TPSA) is 60.7 Å². The molecule has 3 aromatic rings. The van der Waals surface area contributed by atoms with Crippen LogP contribution in [0.25, 0.3) is 5.69 Å². The molecule has 0 atom stereocenters. The molecule has 5 nitrogen and oxygen atoms in total. The molecule has 0 N–H and O–H groups in total. The quantitative estimate of drug-likeness (QED) is 0.659. The highest BCUT2D eigenvalue weighted by molar-refractivity contribution is 6.34. The SMILES string of the molecule is O=C(CCc1nnnn1-c1cc(Cl)cc(Cl)c1)c1ccccc1. The number of rotatable bonds is 5. The van der Waals surface area contributed by atoms with Crippen molar-refractivity contribution in [3.8, 4) is 5.69 Å². The Balaban J connectivity index is 1.78. The standard InChI is InChI=1S/C16H12Cl2N4O/c17-12-8-13(18)10-14(9-12)22-16(19-20-21-22)7-6-15(23)11-4-2-1-3-5-11/h1-5,8-10H,6-7H2. The number of carbonyl (C=O) groups excluding carboxylic acids is 1. The van der Waals surface area contributed by atoms with Gasteiger partial charge >= 0.3 is 0 Å². The van der Waals surface area contributed by atoms with Crippen LogP contribution in [0, 0.1) is 0 Å². The lowest BCUT2D eigenvalue weighted by Crippen LogP contribution is -2.07. The average molecular weight is 347 g/mol. The minimum atomic E-state index is 0.0456. The monoisotopic (exact) mass is 346 g/mol. The van der Waals surface area contributed by atoms with Gasteiger partial charge in [0.2, 0.25) is 0 Å². The summed E-state index contributed by atoms with van der Waals surface area (Å²) >= 11 is 12.0. The van der Waals surface area contributed by atoms with Crippen LogP contribution in [0.4, 0.5) is 0 Å². The number of carbonyl (C=O) groups is 1. The van der Waals surface area contributed by atoms with Crippen molar-refractivity contribution in [2.75, 3.05) is 0 Å². The second-order valence-electron chi connectivity index (χ2n) is 4.92. The Hall–Kier alpha value is -2.24. The zero-order chi connectivity index (χ0) is 16.2. The fourth-order valence-corrected chi connectivity index (χ4v) is 2.73. The maximum Gasteiger partial charge on any atom is 0.163 e. The van der Waals surface area contributed by atoms with E-state index >= 15 is 0 Å². The summed E-state index contributed by atoms with van der Waals surface area (Å²) in [5, 5.41) is 12.6. The first-order valence-electron chi connectivity index (χ1n) is 6.95. The van der Waals surface area contributed by atoms with Crippen molar-refractivity contribution >= 4 is 29.0 Å². The zero-order valence-electron chi connectivity index (χ0n) is 12.0. The Labute approximate surface area is 142 Å². The highest BCUT2D eigenvalue weighted by Gasteiger charge is 2.12. The molecule has 0 saturated heterocycles. The minimum Gasteiger partial charge on any atom is -0.294 e. The Morgan fingerprint density at radius 2 is 1.74 bits per heavy atom. The first-order chi connectivity index (χ1) is 11.1. The van der Waals surface area contributed by atoms with E-state index in [0.717, 1.165) is 0 Å². The van der Waals surface area contributed by atoms with Gasteiger partial charge in [-0.1, -0.05) is 53.5 Å². The average Bonchev–Trinajstić information content (AvgIpc) is 3.01. The van der Waals surface area contributed by atoms with Crippen molar-refractivity contribution in [1.82, 2.24) is 20.2 Å². The lowest BCUT2D eigenvalue weighted by atomic mass is 10.1. The molecule has 0 aliphatic carbocycles. The molecule has 2 aromatic carbocycles. The van der Waals surface area contributed by atoms with Gasteiger partial charge in [-0.25, -0.2) is 0 Å². The largest absolute Gasteiger partial charge is 0.294 e. The van der Waals surface area contributed by atoms with Crippen LogP contribution in [0.3, 0.4) is 0 Å². The van der Waals surface area contributed by atoms with E-state index in [1.165, 1.54) is 4.68 Å². The van der Waals surface area contributed by atoms with Gasteiger partial charge in [-0.3, -0.25) is 4.79 Å². The number of Topliss-reactive ketones (excluding diaryl/α,β-unsaturated/α-hetero) is 1. The summed E-state index contributed by atoms with van der Waals surface area (Å²) in [6, 6.07) is 14.2. The first-order valence-corrected chi connectivity index (χ1v) is 7.71. The molecule has 0 spiro atoms. The van der Waals surface area contributed by atoms with Crippen molar-refractivity contribution < 1.29 is 4.79 Å². The highest BCUT2D eigenvalue weighted by atomic mass is 35.5. The molecule has 1 heterocycles. The van der Waals surface area contributed by atoms with Gasteiger partial charge in [-0.05, 0) is 28.6 Å². The van der Waals surface area contributed by atoms with Gasteiger partial charge in [0.1, 0.15) is 0 Å². The van der Waals surface area contributed by atoms with Crippen molar-refractivity contribution in [3.05, 3.63) is 70.0 Å². The van der Waals surface area contributed by atoms with Crippen LogP contribution in [0.1, 0.15) is 22.6 Å². The van der Waals surface area contributed by atoms with Crippen LogP contribution in [0.5, 0.6) is 0 Å². The van der Waals surface area contributed by atoms with E-state index in [1.807, 2.05) is 18.2 Å². The van der Waals surface area contributed by atoms with E-state index < -0.39 is 0 Å². The molecule has 3 rings (SSSR count). The van der Waals surface area contributed by atoms with Crippen LogP contribution in [0.15, 0.2) is 48.5 Å². The van der Waals surface area contributed by atoms with E-state index in [0.29, 0.717) is 40.0 Å².